The number of aryl methyl sites for hydroxylation is 2. The first kappa shape index (κ1) is 20.1. The van der Waals surface area contributed by atoms with Crippen LogP contribution in [0.2, 0.25) is 0 Å². The number of amides is 1. The number of benzene rings is 1. The predicted octanol–water partition coefficient (Wildman–Crippen LogP) is 2.22. The van der Waals surface area contributed by atoms with E-state index in [9.17, 15) is 14.4 Å². The summed E-state index contributed by atoms with van der Waals surface area (Å²) in [5, 5.41) is 2.60. The van der Waals surface area contributed by atoms with E-state index in [1.165, 1.54) is 31.6 Å². The Morgan fingerprint density at radius 1 is 1.12 bits per heavy atom. The van der Waals surface area contributed by atoms with Crippen molar-refractivity contribution >= 4 is 17.7 Å². The van der Waals surface area contributed by atoms with Crippen LogP contribution < -0.4 is 5.32 Å². The Morgan fingerprint density at radius 3 is 2.58 bits per heavy atom. The number of hydrogen-bond donors (Lipinski definition) is 1. The van der Waals surface area contributed by atoms with Gasteiger partial charge in [-0.1, -0.05) is 12.1 Å². The van der Waals surface area contributed by atoms with E-state index >= 15 is 0 Å². The van der Waals surface area contributed by atoms with Crippen LogP contribution in [0.1, 0.15) is 54.1 Å². The molecule has 6 nitrogen and oxygen atoms in total. The van der Waals surface area contributed by atoms with Crippen molar-refractivity contribution in [1.82, 2.24) is 5.32 Å². The Labute approximate surface area is 154 Å². The number of hydrogen-bond acceptors (Lipinski definition) is 5. The molecule has 0 saturated heterocycles. The van der Waals surface area contributed by atoms with Crippen molar-refractivity contribution in [2.45, 2.75) is 51.6 Å². The molecule has 0 radical (unpaired) electrons. The SMILES string of the molecule is COCCNC(=O)[C@H](C)OC(=O)CCC(=O)c1ccc2c(c1)CCCC2. The Bertz CT molecular complexity index is 656. The van der Waals surface area contributed by atoms with Gasteiger partial charge in [0.05, 0.1) is 13.0 Å². The minimum atomic E-state index is -0.891. The number of ether oxygens (including phenoxy) is 2. The van der Waals surface area contributed by atoms with Crippen LogP contribution in [0.3, 0.4) is 0 Å². The van der Waals surface area contributed by atoms with Gasteiger partial charge < -0.3 is 14.8 Å². The molecule has 0 fully saturated rings. The third-order valence-electron chi connectivity index (χ3n) is 4.51. The number of rotatable bonds is 9. The van der Waals surface area contributed by atoms with E-state index in [1.54, 1.807) is 0 Å². The number of Topliss-reactive ketones (excluding diaryl/α,β-unsaturated/α-hetero) is 1. The molecule has 6 heteroatoms. The summed E-state index contributed by atoms with van der Waals surface area (Å²) in [7, 11) is 1.54. The maximum absolute atomic E-state index is 12.3. The first-order chi connectivity index (χ1) is 12.5. The highest BCUT2D eigenvalue weighted by Crippen LogP contribution is 2.23. The highest BCUT2D eigenvalue weighted by Gasteiger charge is 2.19. The Balaban J connectivity index is 1.78. The number of ketones is 1. The number of fused-ring (bicyclic) bond motifs is 1. The fourth-order valence-electron chi connectivity index (χ4n) is 3.00. The molecule has 0 spiro atoms. The lowest BCUT2D eigenvalue weighted by atomic mass is 9.89. The highest BCUT2D eigenvalue weighted by molar-refractivity contribution is 5.98. The van der Waals surface area contributed by atoms with Crippen molar-refractivity contribution in [3.8, 4) is 0 Å². The summed E-state index contributed by atoms with van der Waals surface area (Å²) in [6, 6.07) is 5.81. The summed E-state index contributed by atoms with van der Waals surface area (Å²) in [5.74, 6) is -1.00. The van der Waals surface area contributed by atoms with Gasteiger partial charge in [-0.25, -0.2) is 0 Å². The summed E-state index contributed by atoms with van der Waals surface area (Å²) in [6.07, 6.45) is 3.58. The second-order valence-electron chi connectivity index (χ2n) is 6.53. The van der Waals surface area contributed by atoms with Gasteiger partial charge in [-0.15, -0.1) is 0 Å². The van der Waals surface area contributed by atoms with Gasteiger partial charge >= 0.3 is 5.97 Å². The van der Waals surface area contributed by atoms with E-state index in [1.807, 2.05) is 18.2 Å². The molecule has 1 N–H and O–H groups in total. The maximum atomic E-state index is 12.3. The van der Waals surface area contributed by atoms with Crippen molar-refractivity contribution in [3.63, 3.8) is 0 Å². The molecule has 0 bridgehead atoms. The van der Waals surface area contributed by atoms with Gasteiger partial charge in [0.1, 0.15) is 0 Å². The standard InChI is InChI=1S/C20H27NO5/c1-14(20(24)21-11-12-25-2)26-19(23)10-9-18(22)17-8-7-15-5-3-4-6-16(15)13-17/h7-8,13-14H,3-6,9-12H2,1-2H3,(H,21,24)/t14-/m0/s1. The van der Waals surface area contributed by atoms with Crippen molar-refractivity contribution < 1.29 is 23.9 Å². The molecule has 2 rings (SSSR count). The largest absolute Gasteiger partial charge is 0.453 e. The summed E-state index contributed by atoms with van der Waals surface area (Å²) >= 11 is 0. The third kappa shape index (κ3) is 5.95. The first-order valence-electron chi connectivity index (χ1n) is 9.12. The molecule has 1 aromatic carbocycles. The molecule has 1 atom stereocenters. The topological polar surface area (TPSA) is 81.7 Å². The van der Waals surface area contributed by atoms with Crippen LogP contribution in [0.25, 0.3) is 0 Å². The molecule has 0 unspecified atom stereocenters. The highest BCUT2D eigenvalue weighted by atomic mass is 16.5. The van der Waals surface area contributed by atoms with E-state index in [0.29, 0.717) is 18.7 Å². The zero-order chi connectivity index (χ0) is 18.9. The lowest BCUT2D eigenvalue weighted by Gasteiger charge is -2.16. The van der Waals surface area contributed by atoms with E-state index in [0.717, 1.165) is 19.3 Å². The molecule has 1 aliphatic rings. The third-order valence-corrected chi connectivity index (χ3v) is 4.51. The Kier molecular flexibility index (Phi) is 7.78. The fraction of sp³-hybridized carbons (Fsp3) is 0.550. The van der Waals surface area contributed by atoms with Gasteiger partial charge in [0, 0.05) is 25.6 Å². The van der Waals surface area contributed by atoms with Crippen molar-refractivity contribution in [2.24, 2.45) is 0 Å². The fourth-order valence-corrected chi connectivity index (χ4v) is 3.00. The van der Waals surface area contributed by atoms with Gasteiger partial charge in [0.15, 0.2) is 11.9 Å². The molecule has 0 aromatic heterocycles. The lowest BCUT2D eigenvalue weighted by molar-refractivity contribution is -0.154. The van der Waals surface area contributed by atoms with Crippen LogP contribution in [0.5, 0.6) is 0 Å². The molecule has 142 valence electrons. The van der Waals surface area contributed by atoms with Crippen molar-refractivity contribution in [1.29, 1.82) is 0 Å². The van der Waals surface area contributed by atoms with E-state index in [2.05, 4.69) is 5.32 Å². The molecule has 1 aromatic rings. The first-order valence-corrected chi connectivity index (χ1v) is 9.12. The molecule has 0 saturated carbocycles. The molecular weight excluding hydrogens is 334 g/mol. The monoisotopic (exact) mass is 361 g/mol. The minimum Gasteiger partial charge on any atom is -0.453 e. The van der Waals surface area contributed by atoms with E-state index < -0.39 is 12.1 Å². The van der Waals surface area contributed by atoms with Crippen LogP contribution in [-0.4, -0.2) is 44.0 Å². The minimum absolute atomic E-state index is 0.0361. The second kappa shape index (κ2) is 10.1. The molecular formula is C20H27NO5. The van der Waals surface area contributed by atoms with Crippen LogP contribution >= 0.6 is 0 Å². The molecule has 1 amide bonds. The Hall–Kier alpha value is -2.21. The van der Waals surface area contributed by atoms with Gasteiger partial charge in [0.2, 0.25) is 0 Å². The Morgan fingerprint density at radius 2 is 1.85 bits per heavy atom. The maximum Gasteiger partial charge on any atom is 0.307 e. The van der Waals surface area contributed by atoms with Crippen LogP contribution in [0.4, 0.5) is 0 Å². The molecule has 0 heterocycles. The smallest absolute Gasteiger partial charge is 0.307 e. The van der Waals surface area contributed by atoms with Crippen LogP contribution in [-0.2, 0) is 31.9 Å². The van der Waals surface area contributed by atoms with Gasteiger partial charge in [-0.2, -0.15) is 0 Å². The normalized spacial score (nSPS) is 14.2. The van der Waals surface area contributed by atoms with E-state index in [-0.39, 0.29) is 24.5 Å². The predicted molar refractivity (Wildman–Crippen MR) is 97.1 cm³/mol. The number of carbonyl (C=O) groups excluding carboxylic acids is 3. The molecule has 1 aliphatic carbocycles. The summed E-state index contributed by atoms with van der Waals surface area (Å²) in [6.45, 7) is 2.25. The quantitative estimate of drug-likeness (QED) is 0.414. The average Bonchev–Trinajstić information content (AvgIpc) is 2.65. The van der Waals surface area contributed by atoms with Crippen LogP contribution in [0.15, 0.2) is 18.2 Å². The van der Waals surface area contributed by atoms with E-state index in [4.69, 9.17) is 9.47 Å². The van der Waals surface area contributed by atoms with Gasteiger partial charge in [-0.05, 0) is 49.8 Å². The van der Waals surface area contributed by atoms with Gasteiger partial charge in [-0.3, -0.25) is 14.4 Å². The number of carbonyl (C=O) groups is 3. The summed E-state index contributed by atoms with van der Waals surface area (Å²) < 4.78 is 9.91. The molecule has 26 heavy (non-hydrogen) atoms. The summed E-state index contributed by atoms with van der Waals surface area (Å²) in [5.41, 5.74) is 3.20. The number of esters is 1. The molecule has 0 aliphatic heterocycles. The van der Waals surface area contributed by atoms with Crippen molar-refractivity contribution in [2.75, 3.05) is 20.3 Å². The van der Waals surface area contributed by atoms with Gasteiger partial charge in [0.25, 0.3) is 5.91 Å². The number of methoxy groups -OCH3 is 1. The van der Waals surface area contributed by atoms with Crippen LogP contribution in [0, 0.1) is 0 Å². The zero-order valence-electron chi connectivity index (χ0n) is 15.5. The summed E-state index contributed by atoms with van der Waals surface area (Å²) in [4.78, 5) is 35.9. The lowest BCUT2D eigenvalue weighted by Crippen LogP contribution is -2.37. The number of nitrogens with one attached hydrogen (secondary N) is 1. The second-order valence-corrected chi connectivity index (χ2v) is 6.53. The zero-order valence-corrected chi connectivity index (χ0v) is 15.5. The van der Waals surface area contributed by atoms with Crippen molar-refractivity contribution in [3.05, 3.63) is 34.9 Å². The average molecular weight is 361 g/mol.